The zero-order valence-corrected chi connectivity index (χ0v) is 15.8. The molecule has 1 aliphatic rings. The number of anilines is 1. The Bertz CT molecular complexity index is 759. The average Bonchev–Trinajstić information content (AvgIpc) is 3.18. The number of amides is 2. The maximum absolute atomic E-state index is 12.4. The van der Waals surface area contributed by atoms with Crippen molar-refractivity contribution in [3.63, 3.8) is 0 Å². The van der Waals surface area contributed by atoms with Crippen LogP contribution < -0.4 is 10.2 Å². The molecule has 1 saturated heterocycles. The fourth-order valence-electron chi connectivity index (χ4n) is 2.95. The molecular weight excluding hydrogens is 388 g/mol. The van der Waals surface area contributed by atoms with Crippen LogP contribution in [0.5, 0.6) is 0 Å². The smallest absolute Gasteiger partial charge is 0.227 e. The third kappa shape index (κ3) is 3.70. The van der Waals surface area contributed by atoms with E-state index in [4.69, 9.17) is 0 Å². The number of nitrogens with zero attached hydrogens (tertiary/aromatic N) is 1. The van der Waals surface area contributed by atoms with Gasteiger partial charge in [0.15, 0.2) is 0 Å². The largest absolute Gasteiger partial charge is 0.351 e. The summed E-state index contributed by atoms with van der Waals surface area (Å²) in [5.74, 6) is -0.315. The van der Waals surface area contributed by atoms with Crippen LogP contribution in [0.15, 0.2) is 40.2 Å². The SMILES string of the molecule is CCc1ccccc1N1CC(C(=O)NCc2ccc(Br)s2)CC1=O. The van der Waals surface area contributed by atoms with Gasteiger partial charge in [0, 0.05) is 23.5 Å². The Morgan fingerprint density at radius 1 is 1.33 bits per heavy atom. The minimum Gasteiger partial charge on any atom is -0.351 e. The molecule has 24 heavy (non-hydrogen) atoms. The third-order valence-corrected chi connectivity index (χ3v) is 5.85. The van der Waals surface area contributed by atoms with Crippen LogP contribution in [0.25, 0.3) is 0 Å². The maximum Gasteiger partial charge on any atom is 0.227 e. The van der Waals surface area contributed by atoms with E-state index in [0.29, 0.717) is 13.1 Å². The molecule has 1 aliphatic heterocycles. The second-order valence-corrected chi connectivity index (χ2v) is 8.36. The van der Waals surface area contributed by atoms with Crippen molar-refractivity contribution in [2.45, 2.75) is 26.3 Å². The molecule has 4 nitrogen and oxygen atoms in total. The predicted octanol–water partition coefficient (Wildman–Crippen LogP) is 3.74. The van der Waals surface area contributed by atoms with E-state index in [1.54, 1.807) is 16.2 Å². The van der Waals surface area contributed by atoms with Crippen molar-refractivity contribution in [1.29, 1.82) is 0 Å². The number of hydrogen-bond donors (Lipinski definition) is 1. The molecule has 3 rings (SSSR count). The minimum absolute atomic E-state index is 0.0231. The van der Waals surface area contributed by atoms with Crippen molar-refractivity contribution in [3.8, 4) is 0 Å². The quantitative estimate of drug-likeness (QED) is 0.821. The van der Waals surface area contributed by atoms with Gasteiger partial charge in [0.1, 0.15) is 0 Å². The Hall–Kier alpha value is -1.66. The highest BCUT2D eigenvalue weighted by atomic mass is 79.9. The molecule has 2 amide bonds. The highest BCUT2D eigenvalue weighted by molar-refractivity contribution is 9.11. The molecule has 1 aromatic heterocycles. The lowest BCUT2D eigenvalue weighted by molar-refractivity contribution is -0.126. The first-order valence-electron chi connectivity index (χ1n) is 7.98. The van der Waals surface area contributed by atoms with Gasteiger partial charge in [-0.1, -0.05) is 25.1 Å². The van der Waals surface area contributed by atoms with Gasteiger partial charge in [-0.15, -0.1) is 11.3 Å². The summed E-state index contributed by atoms with van der Waals surface area (Å²) in [6.45, 7) is 3.03. The Balaban J connectivity index is 1.64. The van der Waals surface area contributed by atoms with E-state index in [-0.39, 0.29) is 24.2 Å². The van der Waals surface area contributed by atoms with Crippen LogP contribution in [0.1, 0.15) is 23.8 Å². The predicted molar refractivity (Wildman–Crippen MR) is 100 cm³/mol. The van der Waals surface area contributed by atoms with Gasteiger partial charge < -0.3 is 10.2 Å². The first-order valence-corrected chi connectivity index (χ1v) is 9.59. The standard InChI is InChI=1S/C18H19BrN2O2S/c1-2-12-5-3-4-6-15(12)21-11-13(9-17(21)22)18(23)20-10-14-7-8-16(19)24-14/h3-8,13H,2,9-11H2,1H3,(H,20,23). The van der Waals surface area contributed by atoms with Crippen LogP contribution in [0, 0.1) is 5.92 Å². The van der Waals surface area contributed by atoms with E-state index in [9.17, 15) is 9.59 Å². The Morgan fingerprint density at radius 3 is 2.83 bits per heavy atom. The average molecular weight is 407 g/mol. The van der Waals surface area contributed by atoms with Crippen LogP contribution in [0.4, 0.5) is 5.69 Å². The molecule has 1 aromatic carbocycles. The van der Waals surface area contributed by atoms with Crippen molar-refractivity contribution in [1.82, 2.24) is 5.32 Å². The topological polar surface area (TPSA) is 49.4 Å². The van der Waals surface area contributed by atoms with Crippen LogP contribution in [0.2, 0.25) is 0 Å². The van der Waals surface area contributed by atoms with Gasteiger partial charge in [-0.05, 0) is 46.1 Å². The monoisotopic (exact) mass is 406 g/mol. The molecule has 0 radical (unpaired) electrons. The molecular formula is C18H19BrN2O2S. The van der Waals surface area contributed by atoms with Crippen molar-refractivity contribution >= 4 is 44.8 Å². The number of rotatable bonds is 5. The van der Waals surface area contributed by atoms with E-state index in [2.05, 4.69) is 28.2 Å². The second-order valence-electron chi connectivity index (χ2n) is 5.81. The fourth-order valence-corrected chi connectivity index (χ4v) is 4.38. The fraction of sp³-hybridized carbons (Fsp3) is 0.333. The van der Waals surface area contributed by atoms with Gasteiger partial charge in [0.05, 0.1) is 16.2 Å². The molecule has 1 N–H and O–H groups in total. The molecule has 0 aliphatic carbocycles. The lowest BCUT2D eigenvalue weighted by atomic mass is 10.1. The minimum atomic E-state index is -0.286. The van der Waals surface area contributed by atoms with Gasteiger partial charge in [-0.3, -0.25) is 9.59 Å². The lowest BCUT2D eigenvalue weighted by Crippen LogP contribution is -2.32. The number of para-hydroxylation sites is 1. The zero-order valence-electron chi connectivity index (χ0n) is 13.4. The third-order valence-electron chi connectivity index (χ3n) is 4.22. The number of thiophene rings is 1. The Morgan fingerprint density at radius 2 is 2.12 bits per heavy atom. The molecule has 1 fully saturated rings. The molecule has 6 heteroatoms. The number of hydrogen-bond acceptors (Lipinski definition) is 3. The van der Waals surface area contributed by atoms with E-state index >= 15 is 0 Å². The van der Waals surface area contributed by atoms with Gasteiger partial charge in [0.2, 0.25) is 11.8 Å². The van der Waals surface area contributed by atoms with Crippen molar-refractivity contribution < 1.29 is 9.59 Å². The van der Waals surface area contributed by atoms with Gasteiger partial charge >= 0.3 is 0 Å². The zero-order chi connectivity index (χ0) is 17.1. The summed E-state index contributed by atoms with van der Waals surface area (Å²) in [7, 11) is 0. The van der Waals surface area contributed by atoms with Crippen molar-refractivity contribution in [3.05, 3.63) is 50.6 Å². The van der Waals surface area contributed by atoms with Crippen LogP contribution >= 0.6 is 27.3 Å². The highest BCUT2D eigenvalue weighted by Gasteiger charge is 2.35. The molecule has 126 valence electrons. The van der Waals surface area contributed by atoms with E-state index < -0.39 is 0 Å². The van der Waals surface area contributed by atoms with E-state index in [0.717, 1.165) is 26.3 Å². The number of carbonyl (C=O) groups is 2. The summed E-state index contributed by atoms with van der Waals surface area (Å²) in [5, 5.41) is 2.95. The number of halogens is 1. The summed E-state index contributed by atoms with van der Waals surface area (Å²) < 4.78 is 1.05. The molecule has 1 atom stereocenters. The second kappa shape index (κ2) is 7.49. The first-order chi connectivity index (χ1) is 11.6. The van der Waals surface area contributed by atoms with Gasteiger partial charge in [-0.25, -0.2) is 0 Å². The number of benzene rings is 1. The van der Waals surface area contributed by atoms with Gasteiger partial charge in [0.25, 0.3) is 0 Å². The molecule has 2 heterocycles. The first kappa shape index (κ1) is 17.2. The Labute approximate surface area is 154 Å². The Kier molecular flexibility index (Phi) is 5.36. The summed E-state index contributed by atoms with van der Waals surface area (Å²) in [6.07, 6.45) is 1.14. The molecule has 2 aromatic rings. The highest BCUT2D eigenvalue weighted by Crippen LogP contribution is 2.29. The van der Waals surface area contributed by atoms with Crippen LogP contribution in [-0.2, 0) is 22.6 Å². The maximum atomic E-state index is 12.4. The van der Waals surface area contributed by atoms with E-state index in [1.165, 1.54) is 0 Å². The van der Waals surface area contributed by atoms with Gasteiger partial charge in [-0.2, -0.15) is 0 Å². The molecule has 0 spiro atoms. The summed E-state index contributed by atoms with van der Waals surface area (Å²) in [6, 6.07) is 11.9. The number of nitrogens with one attached hydrogen (secondary N) is 1. The molecule has 1 unspecified atom stereocenters. The van der Waals surface area contributed by atoms with Crippen LogP contribution in [0.3, 0.4) is 0 Å². The summed E-state index contributed by atoms with van der Waals surface area (Å²) >= 11 is 5.01. The lowest BCUT2D eigenvalue weighted by Gasteiger charge is -2.19. The van der Waals surface area contributed by atoms with Crippen LogP contribution in [-0.4, -0.2) is 18.4 Å². The number of carbonyl (C=O) groups excluding carboxylic acids is 2. The number of aryl methyl sites for hydroxylation is 1. The van der Waals surface area contributed by atoms with Crippen molar-refractivity contribution in [2.24, 2.45) is 5.92 Å². The van der Waals surface area contributed by atoms with E-state index in [1.807, 2.05) is 36.4 Å². The normalized spacial score (nSPS) is 17.3. The molecule has 0 bridgehead atoms. The summed E-state index contributed by atoms with van der Waals surface area (Å²) in [5.41, 5.74) is 2.07. The molecule has 0 saturated carbocycles. The van der Waals surface area contributed by atoms with Crippen molar-refractivity contribution in [2.75, 3.05) is 11.4 Å². The summed E-state index contributed by atoms with van der Waals surface area (Å²) in [4.78, 5) is 27.6.